The predicted octanol–water partition coefficient (Wildman–Crippen LogP) is 3.45. The average molecular weight is 356 g/mol. The molecule has 6 heteroatoms. The Morgan fingerprint density at radius 3 is 3.00 bits per heavy atom. The van der Waals surface area contributed by atoms with Gasteiger partial charge in [0.1, 0.15) is 16.5 Å². The number of ether oxygens (including phenoxy) is 3. The molecule has 126 valence electrons. The van der Waals surface area contributed by atoms with Gasteiger partial charge in [0, 0.05) is 31.1 Å². The van der Waals surface area contributed by atoms with Gasteiger partial charge in [-0.1, -0.05) is 11.6 Å². The van der Waals surface area contributed by atoms with Crippen LogP contribution in [-0.4, -0.2) is 42.9 Å². The van der Waals surface area contributed by atoms with E-state index in [1.807, 2.05) is 17.8 Å². The molecule has 4 nitrogen and oxygen atoms in total. The lowest BCUT2D eigenvalue weighted by Crippen LogP contribution is -2.37. The highest BCUT2D eigenvalue weighted by atomic mass is 35.5. The van der Waals surface area contributed by atoms with E-state index in [1.54, 1.807) is 0 Å². The number of fused-ring (bicyclic) bond motifs is 2. The van der Waals surface area contributed by atoms with E-state index >= 15 is 0 Å². The van der Waals surface area contributed by atoms with E-state index < -0.39 is 5.60 Å². The zero-order chi connectivity index (χ0) is 15.7. The van der Waals surface area contributed by atoms with Crippen LogP contribution in [0.25, 0.3) is 0 Å². The van der Waals surface area contributed by atoms with E-state index in [2.05, 4.69) is 4.98 Å². The second kappa shape index (κ2) is 6.79. The topological polar surface area (TPSA) is 40.6 Å². The second-order valence-corrected chi connectivity index (χ2v) is 8.14. The van der Waals surface area contributed by atoms with Gasteiger partial charge in [0.25, 0.3) is 0 Å². The Morgan fingerprint density at radius 1 is 1.35 bits per heavy atom. The lowest BCUT2D eigenvalue weighted by molar-refractivity contribution is -0.0670. The van der Waals surface area contributed by atoms with Crippen LogP contribution in [0.2, 0.25) is 5.15 Å². The molecular weight excluding hydrogens is 334 g/mol. The van der Waals surface area contributed by atoms with Gasteiger partial charge < -0.3 is 14.2 Å². The molecular formula is C17H22ClNO3S. The largest absolute Gasteiger partial charge is 0.493 e. The first-order valence-corrected chi connectivity index (χ1v) is 9.92. The second-order valence-electron chi connectivity index (χ2n) is 6.53. The first-order chi connectivity index (χ1) is 11.3. The summed E-state index contributed by atoms with van der Waals surface area (Å²) in [5.41, 5.74) is 1.68. The third kappa shape index (κ3) is 3.21. The first kappa shape index (κ1) is 16.0. The Labute approximate surface area is 146 Å². The molecule has 0 aliphatic carbocycles. The van der Waals surface area contributed by atoms with Crippen molar-refractivity contribution in [3.8, 4) is 5.75 Å². The maximum Gasteiger partial charge on any atom is 0.136 e. The molecule has 0 radical (unpaired) electrons. The fourth-order valence-electron chi connectivity index (χ4n) is 3.65. The van der Waals surface area contributed by atoms with Crippen LogP contribution in [0.3, 0.4) is 0 Å². The highest BCUT2D eigenvalue weighted by Crippen LogP contribution is 2.42. The molecule has 0 bridgehead atoms. The molecule has 1 unspecified atom stereocenters. The number of nitrogens with zero attached hydrogens (tertiary/aromatic N) is 1. The summed E-state index contributed by atoms with van der Waals surface area (Å²) in [4.78, 5) is 4.58. The Hall–Kier alpha value is -0.490. The summed E-state index contributed by atoms with van der Waals surface area (Å²) < 4.78 is 17.8. The van der Waals surface area contributed by atoms with Crippen LogP contribution in [-0.2, 0) is 21.5 Å². The molecule has 4 heterocycles. The monoisotopic (exact) mass is 355 g/mol. The molecule has 0 aromatic carbocycles. The van der Waals surface area contributed by atoms with Crippen molar-refractivity contribution in [3.63, 3.8) is 0 Å². The van der Waals surface area contributed by atoms with Crippen LogP contribution in [0, 0.1) is 5.92 Å². The van der Waals surface area contributed by atoms with Gasteiger partial charge >= 0.3 is 0 Å². The normalized spacial score (nSPS) is 28.0. The molecule has 23 heavy (non-hydrogen) atoms. The highest BCUT2D eigenvalue weighted by Gasteiger charge is 2.44. The summed E-state index contributed by atoms with van der Waals surface area (Å²) in [5, 5.41) is 0.481. The van der Waals surface area contributed by atoms with Crippen molar-refractivity contribution in [3.05, 3.63) is 22.5 Å². The minimum Gasteiger partial charge on any atom is -0.493 e. The van der Waals surface area contributed by atoms with Gasteiger partial charge in [-0.2, -0.15) is 11.8 Å². The van der Waals surface area contributed by atoms with Crippen molar-refractivity contribution in [2.45, 2.75) is 31.3 Å². The summed E-state index contributed by atoms with van der Waals surface area (Å²) in [6, 6.07) is 1.87. The van der Waals surface area contributed by atoms with Gasteiger partial charge in [-0.3, -0.25) is 0 Å². The van der Waals surface area contributed by atoms with Crippen molar-refractivity contribution in [2.24, 2.45) is 5.92 Å². The summed E-state index contributed by atoms with van der Waals surface area (Å²) in [6.07, 6.45) is 4.16. The van der Waals surface area contributed by atoms with Gasteiger partial charge in [-0.05, 0) is 30.3 Å². The Bertz CT molecular complexity index is 571. The van der Waals surface area contributed by atoms with Gasteiger partial charge in [0.05, 0.1) is 25.5 Å². The van der Waals surface area contributed by atoms with Gasteiger partial charge in [0.2, 0.25) is 0 Å². The zero-order valence-electron chi connectivity index (χ0n) is 13.2. The van der Waals surface area contributed by atoms with Gasteiger partial charge in [-0.15, -0.1) is 0 Å². The molecule has 1 aromatic heterocycles. The predicted molar refractivity (Wildman–Crippen MR) is 91.6 cm³/mol. The quantitative estimate of drug-likeness (QED) is 0.777. The van der Waals surface area contributed by atoms with Crippen molar-refractivity contribution in [1.82, 2.24) is 4.98 Å². The number of rotatable bonds is 3. The Kier molecular flexibility index (Phi) is 4.72. The summed E-state index contributed by atoms with van der Waals surface area (Å²) in [6.45, 7) is 2.74. The van der Waals surface area contributed by atoms with E-state index in [0.29, 0.717) is 30.9 Å². The molecule has 1 spiro atoms. The van der Waals surface area contributed by atoms with E-state index in [1.165, 1.54) is 24.3 Å². The highest BCUT2D eigenvalue weighted by molar-refractivity contribution is 7.99. The molecule has 1 aromatic rings. The van der Waals surface area contributed by atoms with Crippen LogP contribution < -0.4 is 4.74 Å². The first-order valence-electron chi connectivity index (χ1n) is 8.39. The third-order valence-corrected chi connectivity index (χ3v) is 6.26. The van der Waals surface area contributed by atoms with E-state index in [-0.39, 0.29) is 0 Å². The van der Waals surface area contributed by atoms with E-state index in [9.17, 15) is 0 Å². The van der Waals surface area contributed by atoms with Crippen molar-refractivity contribution in [1.29, 1.82) is 0 Å². The SMILES string of the molecule is Clc1cc(OCC2CCSCC2)c2c(n1)C1(CCOC1)OCC2. The number of hydrogen-bond donors (Lipinski definition) is 0. The molecule has 2 fully saturated rings. The summed E-state index contributed by atoms with van der Waals surface area (Å²) in [5.74, 6) is 4.05. The van der Waals surface area contributed by atoms with Crippen molar-refractivity contribution in [2.75, 3.05) is 37.9 Å². The smallest absolute Gasteiger partial charge is 0.136 e. The molecule has 0 amide bonds. The summed E-state index contributed by atoms with van der Waals surface area (Å²) >= 11 is 8.32. The van der Waals surface area contributed by atoms with Crippen LogP contribution in [0.4, 0.5) is 0 Å². The van der Waals surface area contributed by atoms with Crippen LogP contribution >= 0.6 is 23.4 Å². The molecule has 2 saturated heterocycles. The van der Waals surface area contributed by atoms with E-state index in [0.717, 1.165) is 36.5 Å². The average Bonchev–Trinajstić information content (AvgIpc) is 3.04. The standard InChI is InChI=1S/C17H22ClNO3S/c18-15-9-14(21-10-12-2-7-23-8-3-12)13-1-5-22-17(16(13)19-15)4-6-20-11-17/h9,12H,1-8,10-11H2. The summed E-state index contributed by atoms with van der Waals surface area (Å²) in [7, 11) is 0. The number of thioether (sulfide) groups is 1. The third-order valence-electron chi connectivity index (χ3n) is 5.01. The van der Waals surface area contributed by atoms with Crippen LogP contribution in [0.1, 0.15) is 30.5 Å². The minimum atomic E-state index is -0.419. The molecule has 1 atom stereocenters. The number of halogens is 1. The van der Waals surface area contributed by atoms with E-state index in [4.69, 9.17) is 25.8 Å². The van der Waals surface area contributed by atoms with Crippen LogP contribution in [0.15, 0.2) is 6.07 Å². The number of hydrogen-bond acceptors (Lipinski definition) is 5. The number of aromatic nitrogens is 1. The number of pyridine rings is 1. The minimum absolute atomic E-state index is 0.419. The Balaban J connectivity index is 1.58. The lowest BCUT2D eigenvalue weighted by Gasteiger charge is -2.34. The van der Waals surface area contributed by atoms with Gasteiger partial charge in [-0.25, -0.2) is 4.98 Å². The molecule has 3 aliphatic rings. The van der Waals surface area contributed by atoms with Crippen molar-refractivity contribution < 1.29 is 14.2 Å². The fourth-order valence-corrected chi connectivity index (χ4v) is 5.04. The zero-order valence-corrected chi connectivity index (χ0v) is 14.8. The maximum absolute atomic E-state index is 6.27. The molecule has 4 rings (SSSR count). The lowest BCUT2D eigenvalue weighted by atomic mass is 9.90. The van der Waals surface area contributed by atoms with Gasteiger partial charge in [0.15, 0.2) is 0 Å². The fraction of sp³-hybridized carbons (Fsp3) is 0.706. The van der Waals surface area contributed by atoms with Crippen molar-refractivity contribution >= 4 is 23.4 Å². The maximum atomic E-state index is 6.27. The molecule has 0 saturated carbocycles. The molecule has 0 N–H and O–H groups in total. The van der Waals surface area contributed by atoms with Crippen LogP contribution in [0.5, 0.6) is 5.75 Å². The Morgan fingerprint density at radius 2 is 2.22 bits per heavy atom. The molecule has 3 aliphatic heterocycles.